The first-order chi connectivity index (χ1) is 25.8. The number of fused-ring (bicyclic) bond motifs is 16. The number of para-hydroxylation sites is 6. The van der Waals surface area contributed by atoms with Crippen molar-refractivity contribution in [3.05, 3.63) is 164 Å². The van der Waals surface area contributed by atoms with Gasteiger partial charge in [-0.1, -0.05) is 109 Å². The van der Waals surface area contributed by atoms with Gasteiger partial charge in [0.2, 0.25) is 0 Å². The summed E-state index contributed by atoms with van der Waals surface area (Å²) in [6.07, 6.45) is 0. The Balaban J connectivity index is 1.27. The first kappa shape index (κ1) is 26.8. The highest BCUT2D eigenvalue weighted by Crippen LogP contribution is 2.48. The van der Waals surface area contributed by atoms with Gasteiger partial charge in [0.1, 0.15) is 5.58 Å². The molecule has 5 heterocycles. The highest BCUT2D eigenvalue weighted by Gasteiger charge is 2.26. The molecule has 4 heteroatoms. The van der Waals surface area contributed by atoms with Crippen LogP contribution in [-0.2, 0) is 0 Å². The smallest absolute Gasteiger partial charge is 0.159 e. The molecule has 0 amide bonds. The Morgan fingerprint density at radius 2 is 0.846 bits per heavy atom. The summed E-state index contributed by atoms with van der Waals surface area (Å²) in [4.78, 5) is 0. The molecule has 0 aliphatic carbocycles. The van der Waals surface area contributed by atoms with E-state index in [1.807, 2.05) is 0 Å². The van der Waals surface area contributed by atoms with Gasteiger partial charge in [0.15, 0.2) is 5.58 Å². The van der Waals surface area contributed by atoms with Crippen molar-refractivity contribution in [3.8, 4) is 11.4 Å². The van der Waals surface area contributed by atoms with Crippen LogP contribution >= 0.6 is 0 Å². The molecule has 52 heavy (non-hydrogen) atoms. The minimum absolute atomic E-state index is 0.882. The predicted molar refractivity (Wildman–Crippen MR) is 217 cm³/mol. The Bertz CT molecular complexity index is 3590. The minimum atomic E-state index is 0.882. The summed E-state index contributed by atoms with van der Waals surface area (Å²) in [5.41, 5.74) is 12.3. The molecule has 240 valence electrons. The fraction of sp³-hybridized carbons (Fsp3) is 0. The van der Waals surface area contributed by atoms with Gasteiger partial charge in [0.25, 0.3) is 0 Å². The summed E-state index contributed by atoms with van der Waals surface area (Å²) in [6.45, 7) is 0. The van der Waals surface area contributed by atoms with Gasteiger partial charge in [0, 0.05) is 59.5 Å². The second-order valence-corrected chi connectivity index (χ2v) is 14.1. The third kappa shape index (κ3) is 3.15. The highest BCUT2D eigenvalue weighted by molar-refractivity contribution is 6.36. The van der Waals surface area contributed by atoms with Crippen LogP contribution in [0.5, 0.6) is 0 Å². The standard InChI is InChI=1S/C48H27N3O/c1-7-19-37-29(13-1)30-14-2-8-20-38(30)49(37)28-25-36-32-16-6-12-24-44(32)52-48(36)43(26-28)50-40-22-10-4-17-33(40)45-42(50)27-35-31-15-3-9-21-39(31)51-41-23-11-5-18-34(41)46(45)47(35)51/h1-27H. The molecule has 0 fully saturated rings. The van der Waals surface area contributed by atoms with Crippen LogP contribution in [0.4, 0.5) is 0 Å². The van der Waals surface area contributed by atoms with E-state index in [-0.39, 0.29) is 0 Å². The summed E-state index contributed by atoms with van der Waals surface area (Å²) in [5.74, 6) is 0. The number of furan rings is 1. The summed E-state index contributed by atoms with van der Waals surface area (Å²) in [6, 6.07) is 59.6. The van der Waals surface area contributed by atoms with E-state index in [1.54, 1.807) is 0 Å². The van der Waals surface area contributed by atoms with E-state index in [0.717, 1.165) is 38.8 Å². The zero-order valence-corrected chi connectivity index (χ0v) is 27.8. The quantitative estimate of drug-likeness (QED) is 0.181. The van der Waals surface area contributed by atoms with Crippen molar-refractivity contribution in [1.29, 1.82) is 0 Å². The lowest BCUT2D eigenvalue weighted by atomic mass is 10.0. The van der Waals surface area contributed by atoms with Crippen LogP contribution in [0.25, 0.3) is 115 Å². The monoisotopic (exact) mass is 661 g/mol. The molecule has 4 nitrogen and oxygen atoms in total. The van der Waals surface area contributed by atoms with Crippen LogP contribution in [-0.4, -0.2) is 13.5 Å². The number of rotatable bonds is 2. The second kappa shape index (κ2) is 9.39. The van der Waals surface area contributed by atoms with E-state index in [2.05, 4.69) is 177 Å². The second-order valence-electron chi connectivity index (χ2n) is 14.1. The summed E-state index contributed by atoms with van der Waals surface area (Å²) in [5, 5.41) is 12.3. The molecular formula is C48H27N3O. The summed E-state index contributed by atoms with van der Waals surface area (Å²) in [7, 11) is 0. The van der Waals surface area contributed by atoms with Crippen molar-refractivity contribution in [2.75, 3.05) is 0 Å². The van der Waals surface area contributed by atoms with Crippen molar-refractivity contribution in [2.24, 2.45) is 0 Å². The lowest BCUT2D eigenvalue weighted by Crippen LogP contribution is -1.99. The minimum Gasteiger partial charge on any atom is -0.454 e. The van der Waals surface area contributed by atoms with Gasteiger partial charge in [-0.15, -0.1) is 0 Å². The topological polar surface area (TPSA) is 27.4 Å². The zero-order chi connectivity index (χ0) is 33.7. The van der Waals surface area contributed by atoms with Gasteiger partial charge in [0.05, 0.1) is 44.3 Å². The maximum absolute atomic E-state index is 6.88. The molecule has 0 N–H and O–H groups in total. The van der Waals surface area contributed by atoms with Gasteiger partial charge in [-0.25, -0.2) is 0 Å². The molecule has 0 saturated carbocycles. The number of nitrogens with zero attached hydrogens (tertiary/aromatic N) is 3. The van der Waals surface area contributed by atoms with E-state index >= 15 is 0 Å². The van der Waals surface area contributed by atoms with Gasteiger partial charge in [-0.05, 0) is 54.6 Å². The van der Waals surface area contributed by atoms with E-state index in [9.17, 15) is 0 Å². The van der Waals surface area contributed by atoms with E-state index in [1.165, 1.54) is 76.2 Å². The molecule has 0 aliphatic rings. The molecule has 0 unspecified atom stereocenters. The fourth-order valence-corrected chi connectivity index (χ4v) is 9.51. The number of benzene rings is 8. The normalized spacial score (nSPS) is 12.6. The molecule has 8 aromatic carbocycles. The van der Waals surface area contributed by atoms with Crippen molar-refractivity contribution < 1.29 is 4.42 Å². The Hall–Kier alpha value is -7.04. The predicted octanol–water partition coefficient (Wildman–Crippen LogP) is 12.9. The Morgan fingerprint density at radius 1 is 0.346 bits per heavy atom. The van der Waals surface area contributed by atoms with Crippen LogP contribution in [0.3, 0.4) is 0 Å². The number of hydrogen-bond acceptors (Lipinski definition) is 1. The van der Waals surface area contributed by atoms with Crippen molar-refractivity contribution in [3.63, 3.8) is 0 Å². The third-order valence-electron chi connectivity index (χ3n) is 11.5. The zero-order valence-electron chi connectivity index (χ0n) is 27.8. The van der Waals surface area contributed by atoms with Gasteiger partial charge < -0.3 is 18.0 Å². The SMILES string of the molecule is c1ccc2c(c1)oc1c(-n3c4ccccc4c4c5c6ccccc6n6c7ccccc7c(cc43)c56)cc(-n3c4ccccc4c4ccccc43)cc12. The maximum atomic E-state index is 6.88. The maximum Gasteiger partial charge on any atom is 0.159 e. The average Bonchev–Trinajstić information content (AvgIpc) is 3.99. The van der Waals surface area contributed by atoms with E-state index in [0.29, 0.717) is 0 Å². The van der Waals surface area contributed by atoms with Crippen molar-refractivity contribution in [2.45, 2.75) is 0 Å². The van der Waals surface area contributed by atoms with Crippen LogP contribution in [0, 0.1) is 0 Å². The molecule has 13 rings (SSSR count). The molecular weight excluding hydrogens is 635 g/mol. The van der Waals surface area contributed by atoms with E-state index in [4.69, 9.17) is 4.42 Å². The van der Waals surface area contributed by atoms with Crippen LogP contribution in [0.2, 0.25) is 0 Å². The Kier molecular flexibility index (Phi) is 4.83. The van der Waals surface area contributed by atoms with Crippen molar-refractivity contribution >= 4 is 104 Å². The van der Waals surface area contributed by atoms with E-state index < -0.39 is 0 Å². The number of hydrogen-bond donors (Lipinski definition) is 0. The summed E-state index contributed by atoms with van der Waals surface area (Å²) < 4.78 is 14.2. The van der Waals surface area contributed by atoms with Gasteiger partial charge in [-0.2, -0.15) is 0 Å². The number of aromatic nitrogens is 3. The van der Waals surface area contributed by atoms with Gasteiger partial charge >= 0.3 is 0 Å². The third-order valence-corrected chi connectivity index (χ3v) is 11.5. The largest absolute Gasteiger partial charge is 0.454 e. The average molecular weight is 662 g/mol. The van der Waals surface area contributed by atoms with Crippen LogP contribution < -0.4 is 0 Å². The molecule has 0 aliphatic heterocycles. The summed E-state index contributed by atoms with van der Waals surface area (Å²) >= 11 is 0. The highest BCUT2D eigenvalue weighted by atomic mass is 16.3. The molecule has 0 radical (unpaired) electrons. The first-order valence-electron chi connectivity index (χ1n) is 17.9. The van der Waals surface area contributed by atoms with Crippen LogP contribution in [0.15, 0.2) is 168 Å². The first-order valence-corrected chi connectivity index (χ1v) is 17.9. The lowest BCUT2D eigenvalue weighted by Gasteiger charge is -2.14. The molecule has 5 aromatic heterocycles. The molecule has 0 saturated heterocycles. The molecule has 13 aromatic rings. The molecule has 0 bridgehead atoms. The van der Waals surface area contributed by atoms with Crippen molar-refractivity contribution in [1.82, 2.24) is 13.5 Å². The Morgan fingerprint density at radius 3 is 1.52 bits per heavy atom. The lowest BCUT2D eigenvalue weighted by molar-refractivity contribution is 0.666. The fourth-order valence-electron chi connectivity index (χ4n) is 9.51. The van der Waals surface area contributed by atoms with Gasteiger partial charge in [-0.3, -0.25) is 0 Å². The molecule has 0 spiro atoms. The van der Waals surface area contributed by atoms with Crippen LogP contribution in [0.1, 0.15) is 0 Å². The molecule has 0 atom stereocenters. The Labute approximate surface area is 295 Å².